The van der Waals surface area contributed by atoms with Crippen molar-refractivity contribution >= 4 is 28.8 Å². The molecule has 0 spiro atoms. The van der Waals surface area contributed by atoms with Gasteiger partial charge in [0.1, 0.15) is 12.1 Å². The molecule has 1 amide bonds. The van der Waals surface area contributed by atoms with Crippen molar-refractivity contribution in [2.75, 3.05) is 12.3 Å². The first-order chi connectivity index (χ1) is 9.60. The topological polar surface area (TPSA) is 63.7 Å². The number of hydrogen-bond acceptors (Lipinski definition) is 5. The number of esters is 1. The third-order valence-electron chi connectivity index (χ3n) is 2.95. The maximum atomic E-state index is 12.4. The lowest BCUT2D eigenvalue weighted by atomic mass is 10.1. The van der Waals surface area contributed by atoms with E-state index in [2.05, 4.69) is 0 Å². The van der Waals surface area contributed by atoms with Crippen LogP contribution in [0.15, 0.2) is 0 Å². The number of ether oxygens (including phenoxy) is 1. The maximum absolute atomic E-state index is 12.4. The molecule has 1 fully saturated rings. The van der Waals surface area contributed by atoms with Gasteiger partial charge in [-0.2, -0.15) is 0 Å². The van der Waals surface area contributed by atoms with Gasteiger partial charge in [0.05, 0.1) is 0 Å². The lowest BCUT2D eigenvalue weighted by Gasteiger charge is -2.27. The van der Waals surface area contributed by atoms with Gasteiger partial charge in [-0.3, -0.25) is 14.4 Å². The first kappa shape index (κ1) is 18.0. The second-order valence-corrected chi connectivity index (χ2v) is 7.68. The molecule has 1 rings (SSSR count). The van der Waals surface area contributed by atoms with Crippen molar-refractivity contribution in [3.8, 4) is 0 Å². The first-order valence-electron chi connectivity index (χ1n) is 7.26. The van der Waals surface area contributed by atoms with E-state index in [9.17, 15) is 14.4 Å². The van der Waals surface area contributed by atoms with Crippen LogP contribution in [0.3, 0.4) is 0 Å². The summed E-state index contributed by atoms with van der Waals surface area (Å²) in [7, 11) is 0. The molecular weight excluding hydrogens is 290 g/mol. The lowest BCUT2D eigenvalue weighted by Crippen LogP contribution is -2.43. The molecule has 0 aromatic rings. The summed E-state index contributed by atoms with van der Waals surface area (Å²) in [5.74, 6) is -0.278. The molecule has 0 saturated heterocycles. The first-order valence-corrected chi connectivity index (χ1v) is 8.24. The van der Waals surface area contributed by atoms with Gasteiger partial charge >= 0.3 is 5.97 Å². The van der Waals surface area contributed by atoms with E-state index in [0.717, 1.165) is 24.6 Å². The second-order valence-electron chi connectivity index (χ2n) is 6.49. The van der Waals surface area contributed by atoms with Gasteiger partial charge in [0.25, 0.3) is 0 Å². The summed E-state index contributed by atoms with van der Waals surface area (Å²) in [5, 5.41) is -0.000218. The minimum absolute atomic E-state index is 0.000218. The van der Waals surface area contributed by atoms with E-state index in [4.69, 9.17) is 4.74 Å². The molecule has 5 nitrogen and oxygen atoms in total. The lowest BCUT2D eigenvalue weighted by molar-refractivity contribution is -0.159. The molecule has 1 unspecified atom stereocenters. The van der Waals surface area contributed by atoms with Gasteiger partial charge < -0.3 is 9.64 Å². The van der Waals surface area contributed by atoms with E-state index < -0.39 is 5.60 Å². The molecule has 1 aliphatic carbocycles. The Bertz CT molecular complexity index is 412. The van der Waals surface area contributed by atoms with E-state index in [1.54, 1.807) is 32.6 Å². The molecule has 0 aliphatic heterocycles. The van der Waals surface area contributed by atoms with Gasteiger partial charge in [-0.05, 0) is 33.6 Å². The summed E-state index contributed by atoms with van der Waals surface area (Å²) in [4.78, 5) is 36.9. The Morgan fingerprint density at radius 3 is 2.29 bits per heavy atom. The zero-order valence-electron chi connectivity index (χ0n) is 13.5. The maximum Gasteiger partial charge on any atom is 0.326 e. The standard InChI is InChI=1S/C15H25NO4S/c1-10(9-21-11(2)17)14(19)16(12-6-7-12)8-13(18)20-15(3,4)5/h10,12H,6-9H2,1-5H3. The van der Waals surface area contributed by atoms with Crippen molar-refractivity contribution < 1.29 is 19.1 Å². The minimum atomic E-state index is -0.550. The molecule has 0 bridgehead atoms. The molecule has 6 heteroatoms. The van der Waals surface area contributed by atoms with Crippen LogP contribution >= 0.6 is 11.8 Å². The van der Waals surface area contributed by atoms with Crippen LogP contribution < -0.4 is 0 Å². The summed E-state index contributed by atoms with van der Waals surface area (Å²) in [6.45, 7) is 8.70. The van der Waals surface area contributed by atoms with E-state index in [0.29, 0.717) is 5.75 Å². The Labute approximate surface area is 130 Å². The van der Waals surface area contributed by atoms with Crippen LogP contribution in [-0.2, 0) is 19.1 Å². The number of hydrogen-bond donors (Lipinski definition) is 0. The predicted octanol–water partition coefficient (Wildman–Crippen LogP) is 2.23. The molecule has 0 aromatic heterocycles. The van der Waals surface area contributed by atoms with Crippen LogP contribution in [0.2, 0.25) is 0 Å². The highest BCUT2D eigenvalue weighted by Gasteiger charge is 2.36. The van der Waals surface area contributed by atoms with Gasteiger partial charge in [-0.1, -0.05) is 18.7 Å². The fraction of sp³-hybridized carbons (Fsp3) is 0.800. The monoisotopic (exact) mass is 315 g/mol. The van der Waals surface area contributed by atoms with Gasteiger partial charge in [0.2, 0.25) is 5.91 Å². The Balaban J connectivity index is 2.58. The van der Waals surface area contributed by atoms with Crippen LogP contribution in [-0.4, -0.2) is 45.8 Å². The van der Waals surface area contributed by atoms with Crippen molar-refractivity contribution in [1.29, 1.82) is 0 Å². The Morgan fingerprint density at radius 1 is 1.29 bits per heavy atom. The molecule has 1 aliphatic rings. The molecular formula is C15H25NO4S. The highest BCUT2D eigenvalue weighted by molar-refractivity contribution is 8.13. The van der Waals surface area contributed by atoms with Gasteiger partial charge in [-0.15, -0.1) is 0 Å². The fourth-order valence-corrected chi connectivity index (χ4v) is 2.51. The van der Waals surface area contributed by atoms with Crippen molar-refractivity contribution in [3.63, 3.8) is 0 Å². The van der Waals surface area contributed by atoms with Crippen LogP contribution in [0, 0.1) is 5.92 Å². The second kappa shape index (κ2) is 7.29. The Hall–Kier alpha value is -1.04. The number of nitrogens with zero attached hydrogens (tertiary/aromatic N) is 1. The van der Waals surface area contributed by atoms with Gasteiger partial charge in [0.15, 0.2) is 5.12 Å². The average molecular weight is 315 g/mol. The molecule has 1 atom stereocenters. The number of rotatable bonds is 6. The highest BCUT2D eigenvalue weighted by atomic mass is 32.2. The van der Waals surface area contributed by atoms with E-state index >= 15 is 0 Å². The molecule has 21 heavy (non-hydrogen) atoms. The van der Waals surface area contributed by atoms with Gasteiger partial charge in [0, 0.05) is 24.6 Å². The minimum Gasteiger partial charge on any atom is -0.459 e. The quantitative estimate of drug-likeness (QED) is 0.703. The summed E-state index contributed by atoms with van der Waals surface area (Å²) < 4.78 is 5.28. The third kappa shape index (κ3) is 6.98. The Morgan fingerprint density at radius 2 is 1.86 bits per heavy atom. The van der Waals surface area contributed by atoms with E-state index in [1.807, 2.05) is 0 Å². The smallest absolute Gasteiger partial charge is 0.326 e. The van der Waals surface area contributed by atoms with E-state index in [-0.39, 0.29) is 35.5 Å². The van der Waals surface area contributed by atoms with Crippen molar-refractivity contribution in [3.05, 3.63) is 0 Å². The molecule has 1 saturated carbocycles. The summed E-state index contributed by atoms with van der Waals surface area (Å²) in [5.41, 5.74) is -0.550. The van der Waals surface area contributed by atoms with Crippen molar-refractivity contribution in [2.24, 2.45) is 5.92 Å². The van der Waals surface area contributed by atoms with Crippen LogP contribution in [0.1, 0.15) is 47.5 Å². The van der Waals surface area contributed by atoms with Gasteiger partial charge in [-0.25, -0.2) is 0 Å². The molecule has 0 heterocycles. The normalized spacial score (nSPS) is 16.2. The van der Waals surface area contributed by atoms with Crippen LogP contribution in [0.4, 0.5) is 0 Å². The molecule has 120 valence electrons. The zero-order valence-corrected chi connectivity index (χ0v) is 14.3. The third-order valence-corrected chi connectivity index (χ3v) is 4.02. The molecule has 0 N–H and O–H groups in total. The summed E-state index contributed by atoms with van der Waals surface area (Å²) >= 11 is 1.14. The van der Waals surface area contributed by atoms with Crippen LogP contribution in [0.5, 0.6) is 0 Å². The fourth-order valence-electron chi connectivity index (χ4n) is 1.88. The molecule has 0 aromatic carbocycles. The summed E-state index contributed by atoms with van der Waals surface area (Å²) in [6.07, 6.45) is 1.86. The average Bonchev–Trinajstić information content (AvgIpc) is 3.13. The van der Waals surface area contributed by atoms with Crippen LogP contribution in [0.25, 0.3) is 0 Å². The zero-order chi connectivity index (χ0) is 16.2. The SMILES string of the molecule is CC(=O)SCC(C)C(=O)N(CC(=O)OC(C)(C)C)C1CC1. The number of carbonyl (C=O) groups excluding carboxylic acids is 3. The summed E-state index contributed by atoms with van der Waals surface area (Å²) in [6, 6.07) is 0.148. The predicted molar refractivity (Wildman–Crippen MR) is 82.9 cm³/mol. The largest absolute Gasteiger partial charge is 0.459 e. The highest BCUT2D eigenvalue weighted by Crippen LogP contribution is 2.29. The Kier molecular flexibility index (Phi) is 6.25. The van der Waals surface area contributed by atoms with E-state index in [1.165, 1.54) is 6.92 Å². The van der Waals surface area contributed by atoms with Crippen molar-refractivity contribution in [1.82, 2.24) is 4.90 Å². The van der Waals surface area contributed by atoms with Crippen molar-refractivity contribution in [2.45, 2.75) is 59.1 Å². The number of thioether (sulfide) groups is 1. The molecule has 0 radical (unpaired) electrons. The number of carbonyl (C=O) groups is 3. The number of amides is 1.